The van der Waals surface area contributed by atoms with Gasteiger partial charge in [-0.05, 0) is 54.3 Å². The average Bonchev–Trinajstić information content (AvgIpc) is 2.80. The summed E-state index contributed by atoms with van der Waals surface area (Å²) in [6.07, 6.45) is 1.14. The minimum Gasteiger partial charge on any atom is -0.491 e. The molecule has 0 amide bonds. The number of esters is 1. The van der Waals surface area contributed by atoms with Crippen molar-refractivity contribution in [2.24, 2.45) is 0 Å². The van der Waals surface area contributed by atoms with Crippen molar-refractivity contribution in [2.75, 3.05) is 6.61 Å². The highest BCUT2D eigenvalue weighted by Gasteiger charge is 2.16. The van der Waals surface area contributed by atoms with Crippen LogP contribution in [0.5, 0.6) is 11.5 Å². The number of hydrogen-bond donors (Lipinski definition) is 0. The van der Waals surface area contributed by atoms with Gasteiger partial charge in [0.2, 0.25) is 0 Å². The Hall–Kier alpha value is -3.34. The van der Waals surface area contributed by atoms with E-state index in [1.54, 1.807) is 25.1 Å². The highest BCUT2D eigenvalue weighted by atomic mass is 19.1. The van der Waals surface area contributed by atoms with Crippen LogP contribution in [-0.2, 0) is 16.1 Å². The zero-order valence-corrected chi connectivity index (χ0v) is 17.8. The molecular formula is C26H27FO4. The molecular weight excluding hydrogens is 395 g/mol. The van der Waals surface area contributed by atoms with Gasteiger partial charge in [0, 0.05) is 0 Å². The molecule has 0 aromatic heterocycles. The molecule has 0 saturated heterocycles. The van der Waals surface area contributed by atoms with Gasteiger partial charge in [-0.3, -0.25) is 0 Å². The fraction of sp³-hybridized carbons (Fsp3) is 0.269. The molecule has 0 radical (unpaired) electrons. The Morgan fingerprint density at radius 1 is 0.968 bits per heavy atom. The molecule has 5 heteroatoms. The van der Waals surface area contributed by atoms with Crippen LogP contribution >= 0.6 is 0 Å². The van der Waals surface area contributed by atoms with E-state index in [9.17, 15) is 9.18 Å². The number of carbonyl (C=O) groups excluding carboxylic acids is 1. The zero-order chi connectivity index (χ0) is 22.1. The lowest BCUT2D eigenvalue weighted by Crippen LogP contribution is -2.26. The first kappa shape index (κ1) is 22.3. The predicted octanol–water partition coefficient (Wildman–Crippen LogP) is 6.18. The second kappa shape index (κ2) is 11.2. The number of unbranched alkanes of at least 4 members (excludes halogenated alkanes) is 1. The van der Waals surface area contributed by atoms with Crippen molar-refractivity contribution in [3.8, 4) is 22.6 Å². The quantitative estimate of drug-likeness (QED) is 0.289. The van der Waals surface area contributed by atoms with Crippen molar-refractivity contribution >= 4 is 5.97 Å². The Morgan fingerprint density at radius 3 is 2.35 bits per heavy atom. The maximum atomic E-state index is 14.3. The lowest BCUT2D eigenvalue weighted by atomic mass is 10.1. The second-order valence-corrected chi connectivity index (χ2v) is 7.22. The molecule has 0 bridgehead atoms. The van der Waals surface area contributed by atoms with Crippen LogP contribution in [0.25, 0.3) is 11.1 Å². The minimum atomic E-state index is -0.744. The van der Waals surface area contributed by atoms with E-state index in [2.05, 4.69) is 6.92 Å². The monoisotopic (exact) mass is 422 g/mol. The molecule has 0 fully saturated rings. The Bertz CT molecular complexity index is 970. The molecule has 162 valence electrons. The molecule has 3 aromatic carbocycles. The Morgan fingerprint density at radius 2 is 1.68 bits per heavy atom. The van der Waals surface area contributed by atoms with Gasteiger partial charge < -0.3 is 14.2 Å². The molecule has 0 aliphatic heterocycles. The summed E-state index contributed by atoms with van der Waals surface area (Å²) in [5, 5.41) is 0. The summed E-state index contributed by atoms with van der Waals surface area (Å²) in [7, 11) is 0. The van der Waals surface area contributed by atoms with Gasteiger partial charge in [-0.1, -0.05) is 61.9 Å². The summed E-state index contributed by atoms with van der Waals surface area (Å²) in [4.78, 5) is 12.2. The van der Waals surface area contributed by atoms with Crippen LogP contribution < -0.4 is 9.47 Å². The molecule has 31 heavy (non-hydrogen) atoms. The minimum absolute atomic E-state index is 0.204. The summed E-state index contributed by atoms with van der Waals surface area (Å²) in [6.45, 7) is 4.42. The Balaban J connectivity index is 1.55. The van der Waals surface area contributed by atoms with E-state index in [0.717, 1.165) is 29.5 Å². The van der Waals surface area contributed by atoms with E-state index < -0.39 is 12.1 Å². The fourth-order valence-corrected chi connectivity index (χ4v) is 2.95. The van der Waals surface area contributed by atoms with E-state index in [1.807, 2.05) is 48.5 Å². The third kappa shape index (κ3) is 6.57. The first-order valence-corrected chi connectivity index (χ1v) is 10.5. The molecule has 0 N–H and O–H groups in total. The summed E-state index contributed by atoms with van der Waals surface area (Å²) in [5.41, 5.74) is 2.49. The van der Waals surface area contributed by atoms with Crippen molar-refractivity contribution in [1.29, 1.82) is 0 Å². The van der Waals surface area contributed by atoms with E-state index >= 15 is 0 Å². The van der Waals surface area contributed by atoms with E-state index in [1.165, 1.54) is 6.07 Å². The third-order valence-electron chi connectivity index (χ3n) is 4.74. The smallest absolute Gasteiger partial charge is 0.347 e. The van der Waals surface area contributed by atoms with Crippen LogP contribution in [0.4, 0.5) is 4.39 Å². The van der Waals surface area contributed by atoms with Gasteiger partial charge in [0.1, 0.15) is 12.4 Å². The zero-order valence-electron chi connectivity index (χ0n) is 17.8. The van der Waals surface area contributed by atoms with E-state index in [-0.39, 0.29) is 18.2 Å². The van der Waals surface area contributed by atoms with Gasteiger partial charge in [-0.2, -0.15) is 0 Å². The molecule has 4 nitrogen and oxygen atoms in total. The molecule has 0 spiro atoms. The van der Waals surface area contributed by atoms with Gasteiger partial charge in [0.15, 0.2) is 17.7 Å². The van der Waals surface area contributed by atoms with Crippen molar-refractivity contribution in [3.05, 3.63) is 84.2 Å². The number of halogens is 1. The van der Waals surface area contributed by atoms with Crippen molar-refractivity contribution in [1.82, 2.24) is 0 Å². The van der Waals surface area contributed by atoms with Crippen LogP contribution in [0, 0.1) is 5.82 Å². The fourth-order valence-electron chi connectivity index (χ4n) is 2.95. The molecule has 0 aliphatic carbocycles. The largest absolute Gasteiger partial charge is 0.491 e. The van der Waals surface area contributed by atoms with Crippen LogP contribution in [0.15, 0.2) is 72.8 Å². The normalized spacial score (nSPS) is 11.6. The van der Waals surface area contributed by atoms with Gasteiger partial charge in [0.05, 0.1) is 6.61 Å². The maximum absolute atomic E-state index is 14.3. The first-order valence-electron chi connectivity index (χ1n) is 10.5. The average molecular weight is 422 g/mol. The van der Waals surface area contributed by atoms with Gasteiger partial charge in [0.25, 0.3) is 0 Å². The van der Waals surface area contributed by atoms with Crippen molar-refractivity contribution < 1.29 is 23.4 Å². The Labute approximate surface area is 182 Å². The molecule has 0 saturated carbocycles. The lowest BCUT2D eigenvalue weighted by Gasteiger charge is -2.14. The van der Waals surface area contributed by atoms with Gasteiger partial charge >= 0.3 is 5.97 Å². The highest BCUT2D eigenvalue weighted by Crippen LogP contribution is 2.27. The number of hydrogen-bond acceptors (Lipinski definition) is 4. The SMILES string of the molecule is CCCCOc1ccc(-c2ccc(OC(C)C(=O)OCc3ccccc3)cc2)cc1F. The Kier molecular flexibility index (Phi) is 8.05. The van der Waals surface area contributed by atoms with E-state index in [0.29, 0.717) is 12.4 Å². The highest BCUT2D eigenvalue weighted by molar-refractivity contribution is 5.74. The lowest BCUT2D eigenvalue weighted by molar-refractivity contribution is -0.152. The number of benzene rings is 3. The summed E-state index contributed by atoms with van der Waals surface area (Å²) < 4.78 is 30.7. The topological polar surface area (TPSA) is 44.8 Å². The number of carbonyl (C=O) groups is 1. The van der Waals surface area contributed by atoms with Crippen LogP contribution in [0.3, 0.4) is 0 Å². The first-order chi connectivity index (χ1) is 15.1. The van der Waals surface area contributed by atoms with Crippen LogP contribution in [-0.4, -0.2) is 18.7 Å². The van der Waals surface area contributed by atoms with Crippen molar-refractivity contribution in [3.63, 3.8) is 0 Å². The van der Waals surface area contributed by atoms with E-state index in [4.69, 9.17) is 14.2 Å². The van der Waals surface area contributed by atoms with Gasteiger partial charge in [-0.25, -0.2) is 9.18 Å². The molecule has 1 unspecified atom stereocenters. The number of ether oxygens (including phenoxy) is 3. The van der Waals surface area contributed by atoms with Crippen LogP contribution in [0.1, 0.15) is 32.3 Å². The summed E-state index contributed by atoms with van der Waals surface area (Å²) in [6, 6.07) is 21.6. The van der Waals surface area contributed by atoms with Gasteiger partial charge in [-0.15, -0.1) is 0 Å². The predicted molar refractivity (Wildman–Crippen MR) is 119 cm³/mol. The maximum Gasteiger partial charge on any atom is 0.347 e. The molecule has 1 atom stereocenters. The standard InChI is InChI=1S/C26H27FO4/c1-3-4-16-29-25-15-12-22(17-24(25)27)21-10-13-23(14-11-21)31-19(2)26(28)30-18-20-8-6-5-7-9-20/h5-15,17,19H,3-4,16,18H2,1-2H3. The summed E-state index contributed by atoms with van der Waals surface area (Å²) >= 11 is 0. The van der Waals surface area contributed by atoms with Crippen molar-refractivity contribution in [2.45, 2.75) is 39.4 Å². The molecule has 0 heterocycles. The summed E-state index contributed by atoms with van der Waals surface area (Å²) in [5.74, 6) is -0.0229. The van der Waals surface area contributed by atoms with Crippen LogP contribution in [0.2, 0.25) is 0 Å². The molecule has 3 rings (SSSR count). The molecule has 3 aromatic rings. The number of rotatable bonds is 10. The third-order valence-corrected chi connectivity index (χ3v) is 4.74. The second-order valence-electron chi connectivity index (χ2n) is 7.22. The molecule has 0 aliphatic rings.